The number of ether oxygens (including phenoxy) is 1. The van der Waals surface area contributed by atoms with Gasteiger partial charge < -0.3 is 10.1 Å². The Morgan fingerprint density at radius 3 is 2.67 bits per heavy atom. The highest BCUT2D eigenvalue weighted by Crippen LogP contribution is 2.27. The van der Waals surface area contributed by atoms with Gasteiger partial charge in [-0.1, -0.05) is 24.6 Å². The van der Waals surface area contributed by atoms with Crippen LogP contribution in [0.25, 0.3) is 10.8 Å². The average molecular weight is 241 g/mol. The van der Waals surface area contributed by atoms with Crippen LogP contribution in [0.1, 0.15) is 30.9 Å². The summed E-state index contributed by atoms with van der Waals surface area (Å²) in [7, 11) is 1.71. The molecule has 0 saturated carbocycles. The summed E-state index contributed by atoms with van der Waals surface area (Å²) < 4.78 is 5.26. The second-order valence-electron chi connectivity index (χ2n) is 4.98. The topological polar surface area (TPSA) is 21.3 Å². The maximum atomic E-state index is 5.26. The fourth-order valence-corrected chi connectivity index (χ4v) is 2.72. The summed E-state index contributed by atoms with van der Waals surface area (Å²) in [4.78, 5) is 0. The molecule has 1 aliphatic rings. The van der Waals surface area contributed by atoms with Crippen molar-refractivity contribution in [1.29, 1.82) is 0 Å². The van der Waals surface area contributed by atoms with Gasteiger partial charge in [-0.3, -0.25) is 0 Å². The Balaban J connectivity index is 1.95. The summed E-state index contributed by atoms with van der Waals surface area (Å²) >= 11 is 0. The number of fused-ring (bicyclic) bond motifs is 1. The normalized spacial score (nSPS) is 19.9. The molecule has 2 heteroatoms. The summed E-state index contributed by atoms with van der Waals surface area (Å²) in [5.74, 6) is 0.922. The first-order valence-electron chi connectivity index (χ1n) is 6.68. The molecule has 0 aromatic heterocycles. The molecule has 0 amide bonds. The summed E-state index contributed by atoms with van der Waals surface area (Å²) in [6.07, 6.45) is 3.89. The van der Waals surface area contributed by atoms with E-state index in [-0.39, 0.29) is 0 Å². The smallest absolute Gasteiger partial charge is 0.119 e. The van der Waals surface area contributed by atoms with Crippen molar-refractivity contribution in [3.8, 4) is 5.75 Å². The van der Waals surface area contributed by atoms with Gasteiger partial charge in [-0.25, -0.2) is 0 Å². The van der Waals surface area contributed by atoms with Crippen LogP contribution >= 0.6 is 0 Å². The molecule has 1 unspecified atom stereocenters. The Morgan fingerprint density at radius 1 is 1.06 bits per heavy atom. The minimum atomic E-state index is 0.533. The molecular formula is C16H19NO. The van der Waals surface area contributed by atoms with Crippen molar-refractivity contribution >= 4 is 10.8 Å². The first-order valence-corrected chi connectivity index (χ1v) is 6.68. The minimum absolute atomic E-state index is 0.533. The summed E-state index contributed by atoms with van der Waals surface area (Å²) in [6, 6.07) is 13.5. The first-order chi connectivity index (χ1) is 8.86. The van der Waals surface area contributed by atoms with Gasteiger partial charge in [0.1, 0.15) is 5.75 Å². The van der Waals surface area contributed by atoms with E-state index in [1.165, 1.54) is 35.6 Å². The number of benzene rings is 2. The molecule has 94 valence electrons. The SMILES string of the molecule is COc1ccc2cc(C3CCCCN3)ccc2c1. The van der Waals surface area contributed by atoms with E-state index in [0.717, 1.165) is 12.3 Å². The Kier molecular flexibility index (Phi) is 3.20. The van der Waals surface area contributed by atoms with Gasteiger partial charge in [0.25, 0.3) is 0 Å². The van der Waals surface area contributed by atoms with Crippen LogP contribution < -0.4 is 10.1 Å². The number of hydrogen-bond acceptors (Lipinski definition) is 2. The standard InChI is InChI=1S/C16H19NO/c1-18-15-8-7-12-10-14(6-5-13(12)11-15)16-4-2-3-9-17-16/h5-8,10-11,16-17H,2-4,9H2,1H3. The van der Waals surface area contributed by atoms with Crippen LogP contribution in [0.4, 0.5) is 0 Å². The number of nitrogens with one attached hydrogen (secondary N) is 1. The summed E-state index contributed by atoms with van der Waals surface area (Å²) in [5, 5.41) is 6.13. The molecule has 0 radical (unpaired) electrons. The Morgan fingerprint density at radius 2 is 1.89 bits per heavy atom. The van der Waals surface area contributed by atoms with E-state index < -0.39 is 0 Å². The zero-order valence-electron chi connectivity index (χ0n) is 10.8. The molecule has 2 nitrogen and oxygen atoms in total. The van der Waals surface area contributed by atoms with Crippen molar-refractivity contribution in [2.75, 3.05) is 13.7 Å². The van der Waals surface area contributed by atoms with Crippen LogP contribution in [-0.2, 0) is 0 Å². The molecule has 2 aromatic carbocycles. The van der Waals surface area contributed by atoms with Crippen LogP contribution in [0.5, 0.6) is 5.75 Å². The first kappa shape index (κ1) is 11.5. The van der Waals surface area contributed by atoms with Crippen molar-refractivity contribution in [1.82, 2.24) is 5.32 Å². The second kappa shape index (κ2) is 4.99. The van der Waals surface area contributed by atoms with Crippen LogP contribution in [0, 0.1) is 0 Å². The van der Waals surface area contributed by atoms with E-state index in [1.807, 2.05) is 6.07 Å². The van der Waals surface area contributed by atoms with Gasteiger partial charge in [-0.05, 0) is 53.9 Å². The molecule has 1 aliphatic heterocycles. The third kappa shape index (κ3) is 2.21. The van der Waals surface area contributed by atoms with E-state index in [9.17, 15) is 0 Å². The summed E-state index contributed by atoms with van der Waals surface area (Å²) in [6.45, 7) is 1.14. The van der Waals surface area contributed by atoms with Gasteiger partial charge in [-0.15, -0.1) is 0 Å². The average Bonchev–Trinajstić information content (AvgIpc) is 2.47. The van der Waals surface area contributed by atoms with E-state index in [1.54, 1.807) is 7.11 Å². The molecule has 0 spiro atoms. The van der Waals surface area contributed by atoms with Gasteiger partial charge in [-0.2, -0.15) is 0 Å². The molecule has 1 heterocycles. The zero-order valence-corrected chi connectivity index (χ0v) is 10.8. The molecule has 3 rings (SSSR count). The molecule has 1 N–H and O–H groups in total. The molecule has 1 saturated heterocycles. The van der Waals surface area contributed by atoms with Crippen molar-refractivity contribution in [2.45, 2.75) is 25.3 Å². The predicted octanol–water partition coefficient (Wildman–Crippen LogP) is 3.66. The lowest BCUT2D eigenvalue weighted by Crippen LogP contribution is -2.26. The lowest BCUT2D eigenvalue weighted by molar-refractivity contribution is 0.412. The van der Waals surface area contributed by atoms with Crippen LogP contribution in [0.15, 0.2) is 36.4 Å². The lowest BCUT2D eigenvalue weighted by Gasteiger charge is -2.24. The van der Waals surface area contributed by atoms with Gasteiger partial charge in [0, 0.05) is 6.04 Å². The second-order valence-corrected chi connectivity index (χ2v) is 4.98. The Labute approximate surface area is 108 Å². The van der Waals surface area contributed by atoms with Gasteiger partial charge in [0.2, 0.25) is 0 Å². The molecule has 0 aliphatic carbocycles. The molecular weight excluding hydrogens is 222 g/mol. The quantitative estimate of drug-likeness (QED) is 0.866. The van der Waals surface area contributed by atoms with E-state index in [4.69, 9.17) is 4.74 Å². The van der Waals surface area contributed by atoms with Gasteiger partial charge in [0.05, 0.1) is 7.11 Å². The number of rotatable bonds is 2. The van der Waals surface area contributed by atoms with Gasteiger partial charge >= 0.3 is 0 Å². The van der Waals surface area contributed by atoms with Crippen LogP contribution in [-0.4, -0.2) is 13.7 Å². The molecule has 2 aromatic rings. The summed E-state index contributed by atoms with van der Waals surface area (Å²) in [5.41, 5.74) is 1.41. The third-order valence-corrected chi connectivity index (χ3v) is 3.78. The molecule has 18 heavy (non-hydrogen) atoms. The highest BCUT2D eigenvalue weighted by atomic mass is 16.5. The van der Waals surface area contributed by atoms with Crippen molar-refractivity contribution in [2.24, 2.45) is 0 Å². The Bertz CT molecular complexity index is 544. The maximum absolute atomic E-state index is 5.26. The Hall–Kier alpha value is -1.54. The molecule has 1 atom stereocenters. The highest BCUT2D eigenvalue weighted by molar-refractivity contribution is 5.84. The highest BCUT2D eigenvalue weighted by Gasteiger charge is 2.14. The van der Waals surface area contributed by atoms with E-state index >= 15 is 0 Å². The number of methoxy groups -OCH3 is 1. The third-order valence-electron chi connectivity index (χ3n) is 3.78. The van der Waals surface area contributed by atoms with Crippen LogP contribution in [0.2, 0.25) is 0 Å². The van der Waals surface area contributed by atoms with E-state index in [2.05, 4.69) is 35.6 Å². The minimum Gasteiger partial charge on any atom is -0.497 e. The fourth-order valence-electron chi connectivity index (χ4n) is 2.72. The maximum Gasteiger partial charge on any atom is 0.119 e. The van der Waals surface area contributed by atoms with Crippen molar-refractivity contribution in [3.05, 3.63) is 42.0 Å². The number of piperidine rings is 1. The van der Waals surface area contributed by atoms with Crippen molar-refractivity contribution in [3.63, 3.8) is 0 Å². The largest absolute Gasteiger partial charge is 0.497 e. The number of hydrogen-bond donors (Lipinski definition) is 1. The van der Waals surface area contributed by atoms with Crippen molar-refractivity contribution < 1.29 is 4.74 Å². The van der Waals surface area contributed by atoms with Gasteiger partial charge in [0.15, 0.2) is 0 Å². The molecule has 1 fully saturated rings. The lowest BCUT2D eigenvalue weighted by atomic mass is 9.95. The zero-order chi connectivity index (χ0) is 12.4. The molecule has 0 bridgehead atoms. The monoisotopic (exact) mass is 241 g/mol. The fraction of sp³-hybridized carbons (Fsp3) is 0.375. The van der Waals surface area contributed by atoms with Crippen LogP contribution in [0.3, 0.4) is 0 Å². The van der Waals surface area contributed by atoms with E-state index in [0.29, 0.717) is 6.04 Å². The predicted molar refractivity (Wildman–Crippen MR) is 75.1 cm³/mol.